The predicted molar refractivity (Wildman–Crippen MR) is 60.7 cm³/mol. The van der Waals surface area contributed by atoms with Crippen molar-refractivity contribution in [3.63, 3.8) is 0 Å². The van der Waals surface area contributed by atoms with Crippen molar-refractivity contribution < 1.29 is 4.79 Å². The lowest BCUT2D eigenvalue weighted by Gasteiger charge is -1.98. The molecule has 0 heterocycles. The van der Waals surface area contributed by atoms with Crippen molar-refractivity contribution in [3.05, 3.63) is 52.5 Å². The Morgan fingerprint density at radius 3 is 2.71 bits per heavy atom. The van der Waals surface area contributed by atoms with Gasteiger partial charge in [0.2, 0.25) is 0 Å². The van der Waals surface area contributed by atoms with Crippen molar-refractivity contribution >= 4 is 35.1 Å². The Balaban J connectivity index is 2.97. The molecule has 1 nitrogen and oxygen atoms in total. The van der Waals surface area contributed by atoms with E-state index in [1.165, 1.54) is 12.2 Å². The Morgan fingerprint density at radius 1 is 1.36 bits per heavy atom. The van der Waals surface area contributed by atoms with E-state index in [4.69, 9.17) is 23.2 Å². The molecular weight excluding hydrogens is 219 g/mol. The van der Waals surface area contributed by atoms with Crippen molar-refractivity contribution in [2.45, 2.75) is 0 Å². The molecule has 0 aromatic heterocycles. The molecule has 0 fully saturated rings. The van der Waals surface area contributed by atoms with Gasteiger partial charge in [0, 0.05) is 0 Å². The number of ketones is 1. The molecule has 0 atom stereocenters. The molecule has 0 aliphatic heterocycles. The molecule has 0 aliphatic carbocycles. The van der Waals surface area contributed by atoms with Gasteiger partial charge in [-0.1, -0.05) is 41.9 Å². The van der Waals surface area contributed by atoms with Crippen LogP contribution in [0.15, 0.2) is 36.9 Å². The zero-order chi connectivity index (χ0) is 10.6. The fourth-order valence-corrected chi connectivity index (χ4v) is 1.26. The van der Waals surface area contributed by atoms with Gasteiger partial charge < -0.3 is 0 Å². The summed E-state index contributed by atoms with van der Waals surface area (Å²) in [6.07, 6.45) is 4.23. The molecule has 0 radical (unpaired) electrons. The van der Waals surface area contributed by atoms with E-state index in [9.17, 15) is 4.79 Å². The molecule has 0 amide bonds. The third-order valence-electron chi connectivity index (χ3n) is 1.61. The maximum Gasteiger partial charge on any atom is 0.178 e. The van der Waals surface area contributed by atoms with Crippen molar-refractivity contribution in [2.75, 3.05) is 0 Å². The number of allylic oxidation sites excluding steroid dienone is 2. The largest absolute Gasteiger partial charge is 0.290 e. The molecule has 3 heteroatoms. The van der Waals surface area contributed by atoms with Crippen LogP contribution in [0, 0.1) is 0 Å². The van der Waals surface area contributed by atoms with E-state index in [0.717, 1.165) is 5.56 Å². The van der Waals surface area contributed by atoms with Crippen LogP contribution in [0.1, 0.15) is 5.56 Å². The molecule has 0 saturated heterocycles. The highest BCUT2D eigenvalue weighted by atomic mass is 35.5. The third kappa shape index (κ3) is 2.72. The number of hydrogen-bond acceptors (Lipinski definition) is 1. The topological polar surface area (TPSA) is 17.1 Å². The summed E-state index contributed by atoms with van der Waals surface area (Å²) in [5, 5.41) is 0.919. The maximum absolute atomic E-state index is 10.9. The monoisotopic (exact) mass is 226 g/mol. The van der Waals surface area contributed by atoms with Gasteiger partial charge in [-0.15, -0.1) is 0 Å². The van der Waals surface area contributed by atoms with Gasteiger partial charge in [-0.25, -0.2) is 0 Å². The lowest BCUT2D eigenvalue weighted by Crippen LogP contribution is -1.83. The van der Waals surface area contributed by atoms with Gasteiger partial charge in [0.15, 0.2) is 5.78 Å². The highest BCUT2D eigenvalue weighted by Gasteiger charge is 2.00. The van der Waals surface area contributed by atoms with Gasteiger partial charge in [0.1, 0.15) is 0 Å². The summed E-state index contributed by atoms with van der Waals surface area (Å²) in [5.41, 5.74) is 0.717. The smallest absolute Gasteiger partial charge is 0.178 e. The van der Waals surface area contributed by atoms with Crippen LogP contribution in [0.4, 0.5) is 0 Å². The van der Waals surface area contributed by atoms with E-state index < -0.39 is 0 Å². The number of hydrogen-bond donors (Lipinski definition) is 0. The van der Waals surface area contributed by atoms with Gasteiger partial charge >= 0.3 is 0 Å². The first kappa shape index (κ1) is 11.0. The number of benzene rings is 1. The summed E-state index contributed by atoms with van der Waals surface area (Å²) >= 11 is 11.7. The predicted octanol–water partition coefficient (Wildman–Crippen LogP) is 3.76. The van der Waals surface area contributed by atoms with E-state index in [1.807, 2.05) is 0 Å². The van der Waals surface area contributed by atoms with E-state index in [-0.39, 0.29) is 5.78 Å². The molecule has 0 unspecified atom stereocenters. The van der Waals surface area contributed by atoms with Gasteiger partial charge in [-0.05, 0) is 29.9 Å². The van der Waals surface area contributed by atoms with Crippen molar-refractivity contribution in [2.24, 2.45) is 0 Å². The lowest BCUT2D eigenvalue weighted by molar-refractivity contribution is -0.110. The molecule has 0 aliphatic rings. The van der Waals surface area contributed by atoms with Crippen molar-refractivity contribution in [3.8, 4) is 0 Å². The van der Waals surface area contributed by atoms with E-state index >= 15 is 0 Å². The van der Waals surface area contributed by atoms with Gasteiger partial charge in [0.05, 0.1) is 10.0 Å². The molecule has 0 bridgehead atoms. The average molecular weight is 227 g/mol. The number of rotatable bonds is 3. The summed E-state index contributed by atoms with van der Waals surface area (Å²) in [6.45, 7) is 3.35. The first-order valence-corrected chi connectivity index (χ1v) is 4.69. The summed E-state index contributed by atoms with van der Waals surface area (Å²) < 4.78 is 0. The highest BCUT2D eigenvalue weighted by Crippen LogP contribution is 2.26. The average Bonchev–Trinajstić information content (AvgIpc) is 2.20. The van der Waals surface area contributed by atoms with Crippen LogP contribution in [-0.2, 0) is 4.79 Å². The van der Waals surface area contributed by atoms with Crippen LogP contribution in [-0.4, -0.2) is 5.78 Å². The second kappa shape index (κ2) is 4.99. The summed E-state index contributed by atoms with van der Waals surface area (Å²) in [5.74, 6) is -0.166. The first-order valence-electron chi connectivity index (χ1n) is 3.93. The van der Waals surface area contributed by atoms with Gasteiger partial charge in [-0.2, -0.15) is 0 Å². The van der Waals surface area contributed by atoms with Gasteiger partial charge in [0.25, 0.3) is 0 Å². The second-order valence-electron chi connectivity index (χ2n) is 2.58. The van der Waals surface area contributed by atoms with Crippen LogP contribution in [0.2, 0.25) is 10.0 Å². The fourth-order valence-electron chi connectivity index (χ4n) is 0.889. The van der Waals surface area contributed by atoms with Crippen LogP contribution < -0.4 is 0 Å². The number of halogens is 2. The zero-order valence-corrected chi connectivity index (χ0v) is 8.85. The van der Waals surface area contributed by atoms with Crippen LogP contribution >= 0.6 is 23.2 Å². The SMILES string of the molecule is C=CC(=O)/C=C/c1cccc(Cl)c1Cl. The first-order chi connectivity index (χ1) is 6.65. The molecule has 0 saturated carbocycles. The standard InChI is InChI=1S/C11H8Cl2O/c1-2-9(14)7-6-8-4-3-5-10(12)11(8)13/h2-7H,1H2/b7-6+. The molecule has 0 N–H and O–H groups in total. The van der Waals surface area contributed by atoms with Crippen molar-refractivity contribution in [1.82, 2.24) is 0 Å². The molecular formula is C11H8Cl2O. The third-order valence-corrected chi connectivity index (χ3v) is 2.44. The van der Waals surface area contributed by atoms with Crippen LogP contribution in [0.5, 0.6) is 0 Å². The summed E-state index contributed by atoms with van der Waals surface area (Å²) in [4.78, 5) is 10.9. The zero-order valence-electron chi connectivity index (χ0n) is 7.34. The second-order valence-corrected chi connectivity index (χ2v) is 3.37. The number of carbonyl (C=O) groups excluding carboxylic acids is 1. The van der Waals surface area contributed by atoms with Crippen LogP contribution in [0.25, 0.3) is 6.08 Å². The molecule has 1 aromatic carbocycles. The quantitative estimate of drug-likeness (QED) is 0.718. The Kier molecular flexibility index (Phi) is 3.93. The Hall–Kier alpha value is -1.05. The normalized spacial score (nSPS) is 10.4. The van der Waals surface area contributed by atoms with E-state index in [2.05, 4.69) is 6.58 Å². The Bertz CT molecular complexity index is 394. The Morgan fingerprint density at radius 2 is 2.07 bits per heavy atom. The maximum atomic E-state index is 10.9. The van der Waals surface area contributed by atoms with Crippen molar-refractivity contribution in [1.29, 1.82) is 0 Å². The summed E-state index contributed by atoms with van der Waals surface area (Å²) in [7, 11) is 0. The molecule has 14 heavy (non-hydrogen) atoms. The van der Waals surface area contributed by atoms with E-state index in [0.29, 0.717) is 10.0 Å². The minimum absolute atomic E-state index is 0.166. The molecule has 72 valence electrons. The fraction of sp³-hybridized carbons (Fsp3) is 0. The highest BCUT2D eigenvalue weighted by molar-refractivity contribution is 6.42. The lowest BCUT2D eigenvalue weighted by atomic mass is 10.2. The molecule has 1 aromatic rings. The molecule has 1 rings (SSSR count). The minimum atomic E-state index is -0.166. The van der Waals surface area contributed by atoms with Gasteiger partial charge in [-0.3, -0.25) is 4.79 Å². The van der Waals surface area contributed by atoms with E-state index in [1.54, 1.807) is 24.3 Å². The summed E-state index contributed by atoms with van der Waals surface area (Å²) in [6, 6.07) is 5.24. The minimum Gasteiger partial charge on any atom is -0.290 e. The molecule has 0 spiro atoms. The Labute approximate surface area is 92.6 Å². The number of carbonyl (C=O) groups is 1. The van der Waals surface area contributed by atoms with Crippen LogP contribution in [0.3, 0.4) is 0 Å².